The van der Waals surface area contributed by atoms with Gasteiger partial charge in [0.15, 0.2) is 0 Å². The van der Waals surface area contributed by atoms with Crippen LogP contribution in [0.3, 0.4) is 0 Å². The van der Waals surface area contributed by atoms with E-state index in [4.69, 9.17) is 13.9 Å². The number of fused-ring (bicyclic) bond motifs is 4. The van der Waals surface area contributed by atoms with Gasteiger partial charge in [0.05, 0.1) is 6.10 Å². The highest BCUT2D eigenvalue weighted by molar-refractivity contribution is 5.66. The summed E-state index contributed by atoms with van der Waals surface area (Å²) in [5.74, 6) is 0.434. The van der Waals surface area contributed by atoms with E-state index >= 15 is 0 Å². The Bertz CT molecular complexity index is 1230. The fourth-order valence-corrected chi connectivity index (χ4v) is 7.99. The van der Waals surface area contributed by atoms with E-state index in [1.807, 2.05) is 6.92 Å². The zero-order chi connectivity index (χ0) is 26.0. The third-order valence-corrected chi connectivity index (χ3v) is 10.2. The number of esters is 1. The van der Waals surface area contributed by atoms with E-state index in [1.54, 1.807) is 30.6 Å². The van der Waals surface area contributed by atoms with E-state index < -0.39 is 29.4 Å². The van der Waals surface area contributed by atoms with Gasteiger partial charge in [-0.1, -0.05) is 34.1 Å². The molecule has 8 atom stereocenters. The van der Waals surface area contributed by atoms with Crippen LogP contribution in [-0.4, -0.2) is 27.8 Å². The maximum Gasteiger partial charge on any atom is 0.345 e. The topological polar surface area (TPSA) is 98.9 Å². The fraction of sp³-hybridized carbons (Fsp3) is 0.621. The summed E-state index contributed by atoms with van der Waals surface area (Å²) >= 11 is 0. The first-order valence-electron chi connectivity index (χ1n) is 13.1. The molecular formula is C29H37NO6. The Balaban J connectivity index is 1.69. The summed E-state index contributed by atoms with van der Waals surface area (Å²) in [5, 5.41) is 11.9. The van der Waals surface area contributed by atoms with Gasteiger partial charge in [0.1, 0.15) is 28.8 Å². The zero-order valence-corrected chi connectivity index (χ0v) is 22.0. The van der Waals surface area contributed by atoms with E-state index in [9.17, 15) is 14.7 Å². The van der Waals surface area contributed by atoms with Crippen molar-refractivity contribution >= 4 is 5.97 Å². The quantitative estimate of drug-likeness (QED) is 0.576. The van der Waals surface area contributed by atoms with Gasteiger partial charge in [-0.2, -0.15) is 0 Å². The number of hydrogen-bond donors (Lipinski definition) is 1. The second kappa shape index (κ2) is 8.44. The molecule has 0 saturated heterocycles. The molecule has 2 saturated carbocycles. The van der Waals surface area contributed by atoms with E-state index in [0.29, 0.717) is 23.7 Å². The van der Waals surface area contributed by atoms with Crippen LogP contribution in [-0.2, 0) is 9.53 Å². The van der Waals surface area contributed by atoms with Crippen LogP contribution in [0.25, 0.3) is 11.3 Å². The second-order valence-corrected chi connectivity index (χ2v) is 11.8. The number of aliphatic hydroxyl groups excluding tert-OH is 1. The molecule has 2 unspecified atom stereocenters. The minimum Gasteiger partial charge on any atom is -0.482 e. The molecule has 7 heteroatoms. The Morgan fingerprint density at radius 3 is 2.69 bits per heavy atom. The number of aliphatic hydroxyl groups is 1. The van der Waals surface area contributed by atoms with Crippen molar-refractivity contribution in [3.05, 3.63) is 46.6 Å². The lowest BCUT2D eigenvalue weighted by atomic mass is 9.41. The van der Waals surface area contributed by atoms with Crippen LogP contribution in [0.2, 0.25) is 0 Å². The summed E-state index contributed by atoms with van der Waals surface area (Å²) in [5.41, 5.74) is -1.17. The van der Waals surface area contributed by atoms with Gasteiger partial charge < -0.3 is 19.0 Å². The summed E-state index contributed by atoms with van der Waals surface area (Å²) in [6.07, 6.45) is 5.13. The van der Waals surface area contributed by atoms with Crippen molar-refractivity contribution in [3.8, 4) is 17.1 Å². The van der Waals surface area contributed by atoms with Crippen LogP contribution in [0.5, 0.6) is 5.75 Å². The first kappa shape index (κ1) is 25.0. The van der Waals surface area contributed by atoms with Crippen molar-refractivity contribution in [1.82, 2.24) is 4.98 Å². The molecule has 5 rings (SSSR count). The standard InChI is InChI=1S/C29H37NO6/c1-7-27(4)16(2)10-11-28(5)21(27)14-22(34-17(3)31)29(6)25(28)24(32)23-20(36-29)13-19(35-26(23)33)18-9-8-12-30-15-18/h8-9,12-13,15-16,21-22,24-25,32H,7,10-11,14H2,1-6H3/t16-,21?,22-,24-,25?,27-,28-,29+/m0/s1. The molecule has 1 aliphatic heterocycles. The molecule has 194 valence electrons. The Morgan fingerprint density at radius 2 is 2.06 bits per heavy atom. The summed E-state index contributed by atoms with van der Waals surface area (Å²) in [4.78, 5) is 29.7. The molecule has 1 N–H and O–H groups in total. The van der Waals surface area contributed by atoms with Gasteiger partial charge in [-0.05, 0) is 61.0 Å². The second-order valence-electron chi connectivity index (χ2n) is 11.8. The maximum atomic E-state index is 13.3. The molecule has 2 aromatic rings. The first-order chi connectivity index (χ1) is 17.0. The number of carbonyl (C=O) groups is 1. The normalized spacial score (nSPS) is 39.2. The molecule has 0 aromatic carbocycles. The largest absolute Gasteiger partial charge is 0.482 e. The third-order valence-electron chi connectivity index (χ3n) is 10.2. The Hall–Kier alpha value is -2.67. The monoisotopic (exact) mass is 495 g/mol. The molecule has 3 heterocycles. The molecule has 7 nitrogen and oxygen atoms in total. The summed E-state index contributed by atoms with van der Waals surface area (Å²) in [7, 11) is 0. The van der Waals surface area contributed by atoms with Gasteiger partial charge in [-0.25, -0.2) is 4.79 Å². The van der Waals surface area contributed by atoms with Crippen molar-refractivity contribution < 1.29 is 23.8 Å². The van der Waals surface area contributed by atoms with Crippen LogP contribution in [0.1, 0.15) is 78.9 Å². The molecule has 0 amide bonds. The third kappa shape index (κ3) is 3.46. The molecule has 3 aliphatic rings. The molecule has 0 bridgehead atoms. The van der Waals surface area contributed by atoms with E-state index in [-0.39, 0.29) is 34.0 Å². The number of ether oxygens (including phenoxy) is 2. The molecule has 0 spiro atoms. The summed E-state index contributed by atoms with van der Waals surface area (Å²) < 4.78 is 18.3. The van der Waals surface area contributed by atoms with Crippen LogP contribution in [0, 0.1) is 28.6 Å². The van der Waals surface area contributed by atoms with Crippen molar-refractivity contribution in [2.45, 2.75) is 85.0 Å². The Labute approximate surface area is 212 Å². The van der Waals surface area contributed by atoms with Crippen molar-refractivity contribution in [3.63, 3.8) is 0 Å². The first-order valence-corrected chi connectivity index (χ1v) is 13.1. The Kier molecular flexibility index (Phi) is 5.86. The number of nitrogens with zero attached hydrogens (tertiary/aromatic N) is 1. The minimum absolute atomic E-state index is 0.00155. The van der Waals surface area contributed by atoms with Crippen molar-refractivity contribution in [1.29, 1.82) is 0 Å². The predicted molar refractivity (Wildman–Crippen MR) is 134 cm³/mol. The van der Waals surface area contributed by atoms with E-state index in [0.717, 1.165) is 19.3 Å². The number of pyridine rings is 1. The minimum atomic E-state index is -1.11. The Morgan fingerprint density at radius 1 is 1.31 bits per heavy atom. The average Bonchev–Trinajstić information content (AvgIpc) is 2.82. The van der Waals surface area contributed by atoms with Crippen LogP contribution >= 0.6 is 0 Å². The van der Waals surface area contributed by atoms with Crippen molar-refractivity contribution in [2.75, 3.05) is 0 Å². The van der Waals surface area contributed by atoms with Gasteiger partial charge in [0, 0.05) is 36.9 Å². The van der Waals surface area contributed by atoms with Crippen LogP contribution < -0.4 is 10.4 Å². The van der Waals surface area contributed by atoms with E-state index in [2.05, 4.69) is 32.7 Å². The van der Waals surface area contributed by atoms with Gasteiger partial charge >= 0.3 is 11.6 Å². The molecule has 2 aromatic heterocycles. The molecule has 36 heavy (non-hydrogen) atoms. The molecular weight excluding hydrogens is 458 g/mol. The predicted octanol–water partition coefficient (Wildman–Crippen LogP) is 5.31. The number of carbonyl (C=O) groups excluding carboxylic acids is 1. The van der Waals surface area contributed by atoms with Crippen molar-refractivity contribution in [2.24, 2.45) is 28.6 Å². The highest BCUT2D eigenvalue weighted by atomic mass is 16.6. The van der Waals surface area contributed by atoms with Gasteiger partial charge in [0.2, 0.25) is 0 Å². The summed E-state index contributed by atoms with van der Waals surface area (Å²) in [6, 6.07) is 5.20. The lowest BCUT2D eigenvalue weighted by Crippen LogP contribution is -2.70. The number of aromatic nitrogens is 1. The molecule has 2 aliphatic carbocycles. The zero-order valence-electron chi connectivity index (χ0n) is 22.0. The maximum absolute atomic E-state index is 13.3. The summed E-state index contributed by atoms with van der Waals surface area (Å²) in [6.45, 7) is 12.4. The fourth-order valence-electron chi connectivity index (χ4n) is 7.99. The van der Waals surface area contributed by atoms with Gasteiger partial charge in [-0.3, -0.25) is 9.78 Å². The van der Waals surface area contributed by atoms with Gasteiger partial charge in [-0.15, -0.1) is 0 Å². The van der Waals surface area contributed by atoms with Crippen LogP contribution in [0.4, 0.5) is 0 Å². The highest BCUT2D eigenvalue weighted by Crippen LogP contribution is 2.68. The lowest BCUT2D eigenvalue weighted by molar-refractivity contribution is -0.258. The lowest BCUT2D eigenvalue weighted by Gasteiger charge is -2.67. The molecule has 2 fully saturated rings. The number of hydrogen-bond acceptors (Lipinski definition) is 7. The smallest absolute Gasteiger partial charge is 0.345 e. The molecule has 0 radical (unpaired) electrons. The highest BCUT2D eigenvalue weighted by Gasteiger charge is 2.69. The number of rotatable bonds is 3. The van der Waals surface area contributed by atoms with Crippen LogP contribution in [0.15, 0.2) is 39.8 Å². The average molecular weight is 496 g/mol. The van der Waals surface area contributed by atoms with Gasteiger partial charge in [0.25, 0.3) is 0 Å². The SMILES string of the molecule is CC[C@]1(C)C2C[C@H](OC(C)=O)[C@@]3(C)Oc4cc(-c5cccnc5)oc(=O)c4[C@H](O)C3[C@@]2(C)CC[C@@H]1C. The van der Waals surface area contributed by atoms with E-state index in [1.165, 1.54) is 6.92 Å².